The van der Waals surface area contributed by atoms with Crippen LogP contribution in [0, 0.1) is 4.64 Å². The monoisotopic (exact) mass is 679 g/mol. The molecule has 0 aliphatic carbocycles. The second kappa shape index (κ2) is 12.2. The first-order valence-corrected chi connectivity index (χ1v) is 16.4. The number of anilines is 2. The lowest BCUT2D eigenvalue weighted by Gasteiger charge is -2.23. The Bertz CT molecular complexity index is 1610. The smallest absolute Gasteiger partial charge is 0.438 e. The van der Waals surface area contributed by atoms with E-state index in [0.29, 0.717) is 0 Å². The second-order valence-corrected chi connectivity index (χ2v) is 13.5. The number of fused-ring (bicyclic) bond motifs is 1. The van der Waals surface area contributed by atoms with E-state index in [9.17, 15) is 28.3 Å². The number of rotatable bonds is 11. The summed E-state index contributed by atoms with van der Waals surface area (Å²) in [7, 11) is -15.7. The number of imidazole rings is 1. The van der Waals surface area contributed by atoms with Crippen LogP contribution in [0.4, 0.5) is 15.9 Å². The number of phosphoric ester groups is 1. The predicted molar refractivity (Wildman–Crippen MR) is 138 cm³/mol. The first kappa shape index (κ1) is 31.7. The molecule has 1 amide bonds. The van der Waals surface area contributed by atoms with Crippen molar-refractivity contribution in [2.45, 2.75) is 24.5 Å². The number of carbonyl (C=O) groups excluding carboxylic acids is 1. The number of thiazole rings is 1. The summed E-state index contributed by atoms with van der Waals surface area (Å²) in [5.41, 5.74) is 6.08. The van der Waals surface area contributed by atoms with Gasteiger partial charge in [0.05, 0.1) is 12.9 Å². The van der Waals surface area contributed by atoms with Gasteiger partial charge in [-0.2, -0.15) is 13.6 Å². The number of aromatic nitrogens is 5. The van der Waals surface area contributed by atoms with Crippen molar-refractivity contribution in [3.05, 3.63) is 22.5 Å². The number of hydrogen-bond donors (Lipinski definition) is 7. The van der Waals surface area contributed by atoms with E-state index in [1.54, 1.807) is 5.38 Å². The minimum Gasteiger partial charge on any atom is -0.438 e. The first-order chi connectivity index (χ1) is 19.1. The molecular weight excluding hydrogens is 659 g/mol. The molecule has 8 N–H and O–H groups in total. The van der Waals surface area contributed by atoms with Gasteiger partial charge in [-0.3, -0.25) is 14.4 Å². The van der Waals surface area contributed by atoms with Gasteiger partial charge in [0.2, 0.25) is 5.95 Å². The summed E-state index contributed by atoms with van der Waals surface area (Å²) in [4.78, 5) is 64.1. The molecule has 6 unspecified atom stereocenters. The van der Waals surface area contributed by atoms with E-state index in [4.69, 9.17) is 46.5 Å². The van der Waals surface area contributed by atoms with Crippen LogP contribution in [0.5, 0.6) is 0 Å². The average Bonchev–Trinajstić information content (AvgIpc) is 3.54. The number of hydrogen-bond acceptors (Lipinski definition) is 16. The minimum absolute atomic E-state index is 0.0753. The number of nitrogens with two attached hydrogens (primary N) is 1. The van der Waals surface area contributed by atoms with Crippen LogP contribution in [-0.2, 0) is 41.1 Å². The molecule has 0 spiro atoms. The zero-order chi connectivity index (χ0) is 30.2. The molecule has 1 saturated heterocycles. The maximum absolute atomic E-state index is 12.7. The third-order valence-electron chi connectivity index (χ3n) is 4.98. The van der Waals surface area contributed by atoms with Crippen molar-refractivity contribution in [3.8, 4) is 0 Å². The highest BCUT2D eigenvalue weighted by atomic mass is 32.1. The quantitative estimate of drug-likeness (QED) is 0.111. The van der Waals surface area contributed by atoms with Gasteiger partial charge in [-0.1, -0.05) is 12.2 Å². The molecular formula is C15H20N7O14P3S2. The highest BCUT2D eigenvalue weighted by molar-refractivity contribution is 7.71. The van der Waals surface area contributed by atoms with Gasteiger partial charge in [-0.15, -0.1) is 11.3 Å². The van der Waals surface area contributed by atoms with E-state index in [1.165, 1.54) is 24.2 Å². The molecule has 0 radical (unpaired) electrons. The predicted octanol–water partition coefficient (Wildman–Crippen LogP) is 1.40. The van der Waals surface area contributed by atoms with Crippen molar-refractivity contribution in [2.24, 2.45) is 0 Å². The van der Waals surface area contributed by atoms with Crippen molar-refractivity contribution >= 4 is 75.4 Å². The van der Waals surface area contributed by atoms with E-state index in [1.807, 2.05) is 0 Å². The van der Waals surface area contributed by atoms with Crippen molar-refractivity contribution in [2.75, 3.05) is 24.8 Å². The number of ether oxygens (including phenoxy) is 3. The molecule has 6 atom stereocenters. The van der Waals surface area contributed by atoms with Crippen molar-refractivity contribution < 1.29 is 65.4 Å². The molecule has 3 aromatic rings. The number of amides is 1. The minimum atomic E-state index is -5.77. The Balaban J connectivity index is 1.60. The fraction of sp³-hybridized carbons (Fsp3) is 0.400. The molecule has 226 valence electrons. The first-order valence-electron chi connectivity index (χ1n) is 10.6. The normalized spacial score (nSPS) is 24.1. The van der Waals surface area contributed by atoms with E-state index in [0.717, 1.165) is 11.3 Å². The van der Waals surface area contributed by atoms with Gasteiger partial charge in [0.15, 0.2) is 23.1 Å². The molecule has 4 rings (SSSR count). The fourth-order valence-corrected chi connectivity index (χ4v) is 7.40. The summed E-state index contributed by atoms with van der Waals surface area (Å²) in [6, 6.07) is 0. The summed E-state index contributed by atoms with van der Waals surface area (Å²) >= 11 is 6.31. The molecule has 0 saturated carbocycles. The van der Waals surface area contributed by atoms with Gasteiger partial charge in [-0.05, 0) is 0 Å². The molecule has 21 nitrogen and oxygen atoms in total. The highest BCUT2D eigenvalue weighted by Crippen LogP contribution is 2.66. The highest BCUT2D eigenvalue weighted by Gasteiger charge is 2.50. The summed E-state index contributed by atoms with van der Waals surface area (Å²) in [6.07, 6.45) is -3.49. The van der Waals surface area contributed by atoms with Crippen LogP contribution >= 0.6 is 47.0 Å². The summed E-state index contributed by atoms with van der Waals surface area (Å²) in [5.74, 6) is -0.0753. The number of carbonyl (C=O) groups is 1. The zero-order valence-corrected chi connectivity index (χ0v) is 24.5. The Morgan fingerprint density at radius 3 is 2.59 bits per heavy atom. The summed E-state index contributed by atoms with van der Waals surface area (Å²) < 4.78 is 65.2. The molecule has 3 aromatic heterocycles. The number of H-pyrrole nitrogens is 1. The Kier molecular flexibility index (Phi) is 9.43. The van der Waals surface area contributed by atoms with Gasteiger partial charge >= 0.3 is 29.6 Å². The van der Waals surface area contributed by atoms with Crippen LogP contribution < -0.4 is 11.1 Å². The van der Waals surface area contributed by atoms with E-state index in [2.05, 4.69) is 33.9 Å². The van der Waals surface area contributed by atoms with Crippen LogP contribution in [0.2, 0.25) is 0 Å². The van der Waals surface area contributed by atoms with Crippen LogP contribution in [0.1, 0.15) is 6.23 Å². The Morgan fingerprint density at radius 2 is 1.95 bits per heavy atom. The molecule has 1 aliphatic rings. The Morgan fingerprint density at radius 1 is 1.22 bits per heavy atom. The molecule has 1 aliphatic heterocycles. The van der Waals surface area contributed by atoms with Gasteiger partial charge < -0.3 is 44.5 Å². The van der Waals surface area contributed by atoms with Gasteiger partial charge in [0.25, 0.3) is 0 Å². The third-order valence-corrected chi connectivity index (χ3v) is 9.77. The number of aromatic amines is 1. The molecule has 4 heterocycles. The fourth-order valence-electron chi connectivity index (χ4n) is 3.60. The van der Waals surface area contributed by atoms with Crippen LogP contribution in [0.3, 0.4) is 0 Å². The number of nitrogens with one attached hydrogen (secondary N) is 2. The lowest BCUT2D eigenvalue weighted by atomic mass is 10.1. The Labute approximate surface area is 237 Å². The maximum atomic E-state index is 12.7. The van der Waals surface area contributed by atoms with Crippen LogP contribution in [0.25, 0.3) is 11.2 Å². The Hall–Kier alpha value is -2.20. The molecule has 26 heteroatoms. The van der Waals surface area contributed by atoms with Crippen LogP contribution in [-0.4, -0.2) is 82.2 Å². The second-order valence-electron chi connectivity index (χ2n) is 7.76. The number of nitrogens with zero attached hydrogens (tertiary/aromatic N) is 4. The topological polar surface area (TPSA) is 302 Å². The van der Waals surface area contributed by atoms with Gasteiger partial charge in [-0.25, -0.2) is 28.5 Å². The van der Waals surface area contributed by atoms with Crippen molar-refractivity contribution in [3.63, 3.8) is 0 Å². The largest absolute Gasteiger partial charge is 0.490 e. The lowest BCUT2D eigenvalue weighted by Crippen LogP contribution is -2.39. The number of methoxy groups -OCH3 is 1. The molecule has 1 fully saturated rings. The summed E-state index contributed by atoms with van der Waals surface area (Å²) in [5, 5.41) is 4.22. The lowest BCUT2D eigenvalue weighted by molar-refractivity contribution is -0.0530. The molecule has 0 aromatic carbocycles. The van der Waals surface area contributed by atoms with Gasteiger partial charge in [0, 0.05) is 18.7 Å². The average molecular weight is 679 g/mol. The third kappa shape index (κ3) is 8.00. The number of phosphoric acid groups is 3. The van der Waals surface area contributed by atoms with Gasteiger partial charge in [0.1, 0.15) is 22.4 Å². The summed E-state index contributed by atoms with van der Waals surface area (Å²) in [6.45, 7) is -0.908. The number of nitrogen functional groups attached to an aromatic ring is 1. The standard InChI is InChI=1S/C15H20N7O14P3S2/c1-31-8-6(4-32-38(27,28)36-39(29,30)35-37(24,25)26)33-12(9(8)34-15(23)21-14-17-2-3-41-14)22-5-18-7-10(22)19-13(16)20-11(7)40/h2-3,5-6,8-9,12H,4H2,1H3,(H,27,28)(H,29,30)(H,17,21,23)(H2,24,25,26)(H3,16,19,20,40). The van der Waals surface area contributed by atoms with E-state index in [-0.39, 0.29) is 26.9 Å². The molecule has 41 heavy (non-hydrogen) atoms. The maximum Gasteiger partial charge on any atom is 0.490 e. The zero-order valence-electron chi connectivity index (χ0n) is 20.1. The SMILES string of the molecule is COC1C(COP(=O)(O)OP(=O)(O)OP(=O)(O)O)OC(n2cnc3c(=S)[nH]c(N)nc32)C1OC(=O)Nc1nccs1. The molecule has 0 bridgehead atoms. The van der Waals surface area contributed by atoms with Crippen molar-refractivity contribution in [1.29, 1.82) is 0 Å². The van der Waals surface area contributed by atoms with E-state index >= 15 is 0 Å². The van der Waals surface area contributed by atoms with Crippen molar-refractivity contribution in [1.82, 2.24) is 24.5 Å². The van der Waals surface area contributed by atoms with E-state index < -0.39 is 60.7 Å². The van der Waals surface area contributed by atoms with Crippen LogP contribution in [0.15, 0.2) is 17.9 Å².